The molecular formula is C13H15ClN4S. The monoisotopic (exact) mass is 294 g/mol. The second-order valence-corrected chi connectivity index (χ2v) is 6.18. The predicted octanol–water partition coefficient (Wildman–Crippen LogP) is 2.43. The molecule has 6 heteroatoms. The molecule has 1 aromatic heterocycles. The first-order chi connectivity index (χ1) is 9.20. The van der Waals surface area contributed by atoms with Crippen molar-refractivity contribution >= 4 is 39.1 Å². The highest BCUT2D eigenvalue weighted by Crippen LogP contribution is 2.24. The van der Waals surface area contributed by atoms with Gasteiger partial charge in [0.15, 0.2) is 5.96 Å². The smallest absolute Gasteiger partial charge is 0.191 e. The Morgan fingerprint density at radius 3 is 3.21 bits per heavy atom. The van der Waals surface area contributed by atoms with Crippen LogP contribution in [0.25, 0.3) is 10.2 Å². The number of aromatic nitrogens is 1. The van der Waals surface area contributed by atoms with Crippen LogP contribution >= 0.6 is 22.9 Å². The van der Waals surface area contributed by atoms with Gasteiger partial charge in [0.1, 0.15) is 0 Å². The number of fused-ring (bicyclic) bond motifs is 1. The SMILES string of the molecule is CC1CN=C(NCCc2nc3cc(Cl)ccc3s2)N1. The average molecular weight is 295 g/mol. The van der Waals surface area contributed by atoms with Crippen LogP contribution in [-0.4, -0.2) is 30.1 Å². The number of nitrogens with one attached hydrogen (secondary N) is 2. The zero-order chi connectivity index (χ0) is 13.2. The van der Waals surface area contributed by atoms with E-state index in [4.69, 9.17) is 11.6 Å². The predicted molar refractivity (Wildman–Crippen MR) is 81.2 cm³/mol. The highest BCUT2D eigenvalue weighted by Gasteiger charge is 2.11. The Labute approximate surface area is 120 Å². The van der Waals surface area contributed by atoms with Crippen LogP contribution in [0.1, 0.15) is 11.9 Å². The molecule has 0 spiro atoms. The van der Waals surface area contributed by atoms with E-state index in [1.807, 2.05) is 18.2 Å². The zero-order valence-electron chi connectivity index (χ0n) is 10.6. The quantitative estimate of drug-likeness (QED) is 0.914. The van der Waals surface area contributed by atoms with E-state index >= 15 is 0 Å². The highest BCUT2D eigenvalue weighted by atomic mass is 35.5. The number of thiazole rings is 1. The summed E-state index contributed by atoms with van der Waals surface area (Å²) in [5.41, 5.74) is 0.984. The lowest BCUT2D eigenvalue weighted by molar-refractivity contribution is 0.712. The third-order valence-electron chi connectivity index (χ3n) is 2.93. The lowest BCUT2D eigenvalue weighted by atomic mass is 10.3. The number of hydrogen-bond acceptors (Lipinski definition) is 5. The van der Waals surface area contributed by atoms with Crippen molar-refractivity contribution < 1.29 is 0 Å². The second kappa shape index (κ2) is 5.35. The van der Waals surface area contributed by atoms with Gasteiger partial charge in [-0.05, 0) is 25.1 Å². The molecule has 1 unspecified atom stereocenters. The van der Waals surface area contributed by atoms with Gasteiger partial charge < -0.3 is 10.6 Å². The average Bonchev–Trinajstić information content (AvgIpc) is 2.95. The Hall–Kier alpha value is -1.33. The van der Waals surface area contributed by atoms with Gasteiger partial charge in [0.25, 0.3) is 0 Å². The van der Waals surface area contributed by atoms with E-state index in [9.17, 15) is 0 Å². The van der Waals surface area contributed by atoms with E-state index in [0.717, 1.165) is 41.0 Å². The summed E-state index contributed by atoms with van der Waals surface area (Å²) < 4.78 is 1.18. The van der Waals surface area contributed by atoms with Crippen LogP contribution in [0.4, 0.5) is 0 Å². The van der Waals surface area contributed by atoms with Gasteiger partial charge in [-0.3, -0.25) is 4.99 Å². The molecule has 1 atom stereocenters. The van der Waals surface area contributed by atoms with Crippen molar-refractivity contribution in [2.24, 2.45) is 4.99 Å². The largest absolute Gasteiger partial charge is 0.356 e. The Bertz CT molecular complexity index is 622. The summed E-state index contributed by atoms with van der Waals surface area (Å²) in [5.74, 6) is 0.900. The van der Waals surface area contributed by atoms with Crippen LogP contribution < -0.4 is 10.6 Å². The molecule has 0 saturated heterocycles. The van der Waals surface area contributed by atoms with Gasteiger partial charge in [-0.2, -0.15) is 0 Å². The Kier molecular flexibility index (Phi) is 3.57. The summed E-state index contributed by atoms with van der Waals surface area (Å²) in [6.45, 7) is 3.81. The maximum absolute atomic E-state index is 5.96. The van der Waals surface area contributed by atoms with Crippen molar-refractivity contribution in [3.8, 4) is 0 Å². The lowest BCUT2D eigenvalue weighted by Crippen LogP contribution is -2.38. The van der Waals surface area contributed by atoms with E-state index in [2.05, 4.69) is 27.5 Å². The van der Waals surface area contributed by atoms with Crippen LogP contribution in [0, 0.1) is 0 Å². The van der Waals surface area contributed by atoms with Crippen molar-refractivity contribution in [3.63, 3.8) is 0 Å². The van der Waals surface area contributed by atoms with Crippen LogP contribution in [0.3, 0.4) is 0 Å². The van der Waals surface area contributed by atoms with Crippen LogP contribution in [-0.2, 0) is 6.42 Å². The van der Waals surface area contributed by atoms with E-state index in [1.165, 1.54) is 4.70 Å². The molecule has 100 valence electrons. The normalized spacial score (nSPS) is 18.4. The Morgan fingerprint density at radius 2 is 2.42 bits per heavy atom. The van der Waals surface area contributed by atoms with Gasteiger partial charge in [-0.25, -0.2) is 4.98 Å². The van der Waals surface area contributed by atoms with Gasteiger partial charge in [-0.15, -0.1) is 11.3 Å². The number of benzene rings is 1. The number of aliphatic imine (C=N–C) groups is 1. The molecule has 2 N–H and O–H groups in total. The molecule has 4 nitrogen and oxygen atoms in total. The maximum atomic E-state index is 5.96. The van der Waals surface area contributed by atoms with Crippen LogP contribution in [0.2, 0.25) is 5.02 Å². The molecule has 0 fully saturated rings. The summed E-state index contributed by atoms with van der Waals surface area (Å²) in [6.07, 6.45) is 0.895. The van der Waals surface area contributed by atoms with Crippen molar-refractivity contribution in [3.05, 3.63) is 28.2 Å². The third kappa shape index (κ3) is 2.98. The number of rotatable bonds is 3. The number of hydrogen-bond donors (Lipinski definition) is 2. The van der Waals surface area contributed by atoms with E-state index in [0.29, 0.717) is 6.04 Å². The van der Waals surface area contributed by atoms with Gasteiger partial charge in [0.05, 0.1) is 21.8 Å². The van der Waals surface area contributed by atoms with Gasteiger partial charge in [0.2, 0.25) is 0 Å². The fraction of sp³-hybridized carbons (Fsp3) is 0.385. The second-order valence-electron chi connectivity index (χ2n) is 4.63. The van der Waals surface area contributed by atoms with E-state index in [-0.39, 0.29) is 0 Å². The molecule has 0 amide bonds. The first-order valence-corrected chi connectivity index (χ1v) is 7.50. The van der Waals surface area contributed by atoms with Gasteiger partial charge >= 0.3 is 0 Å². The minimum absolute atomic E-state index is 0.437. The summed E-state index contributed by atoms with van der Waals surface area (Å²) >= 11 is 7.68. The molecule has 1 aliphatic rings. The van der Waals surface area contributed by atoms with Crippen molar-refractivity contribution in [2.45, 2.75) is 19.4 Å². The molecule has 2 aromatic rings. The molecule has 0 bridgehead atoms. The van der Waals surface area contributed by atoms with Crippen molar-refractivity contribution in [2.75, 3.05) is 13.1 Å². The van der Waals surface area contributed by atoms with E-state index in [1.54, 1.807) is 11.3 Å². The molecule has 2 heterocycles. The minimum atomic E-state index is 0.437. The molecule has 3 rings (SSSR count). The summed E-state index contributed by atoms with van der Waals surface area (Å²) in [5, 5.41) is 8.43. The van der Waals surface area contributed by atoms with Gasteiger partial charge in [0, 0.05) is 24.0 Å². The molecule has 1 aromatic carbocycles. The zero-order valence-corrected chi connectivity index (χ0v) is 12.2. The first kappa shape index (κ1) is 12.7. The first-order valence-electron chi connectivity index (χ1n) is 6.30. The van der Waals surface area contributed by atoms with Crippen LogP contribution in [0.5, 0.6) is 0 Å². The van der Waals surface area contributed by atoms with Crippen molar-refractivity contribution in [1.29, 1.82) is 0 Å². The molecular weight excluding hydrogens is 280 g/mol. The number of nitrogens with zero attached hydrogens (tertiary/aromatic N) is 2. The highest BCUT2D eigenvalue weighted by molar-refractivity contribution is 7.18. The fourth-order valence-electron chi connectivity index (χ4n) is 2.00. The topological polar surface area (TPSA) is 49.3 Å². The Balaban J connectivity index is 1.59. The van der Waals surface area contributed by atoms with Crippen molar-refractivity contribution in [1.82, 2.24) is 15.6 Å². The molecule has 0 radical (unpaired) electrons. The van der Waals surface area contributed by atoms with Gasteiger partial charge in [-0.1, -0.05) is 11.6 Å². The standard InChI is InChI=1S/C13H15ClN4S/c1-8-7-16-13(17-8)15-5-4-12-18-10-6-9(14)2-3-11(10)19-12/h2-3,6,8H,4-5,7H2,1H3,(H2,15,16,17). The molecule has 1 aliphatic heterocycles. The number of guanidine groups is 1. The summed E-state index contributed by atoms with van der Waals surface area (Å²) in [6, 6.07) is 6.28. The Morgan fingerprint density at radius 1 is 1.53 bits per heavy atom. The lowest BCUT2D eigenvalue weighted by Gasteiger charge is -2.07. The fourth-order valence-corrected chi connectivity index (χ4v) is 3.12. The molecule has 0 aliphatic carbocycles. The molecule has 19 heavy (non-hydrogen) atoms. The third-order valence-corrected chi connectivity index (χ3v) is 4.26. The molecule has 0 saturated carbocycles. The van der Waals surface area contributed by atoms with E-state index < -0.39 is 0 Å². The maximum Gasteiger partial charge on any atom is 0.191 e. The summed E-state index contributed by atoms with van der Waals surface area (Å²) in [7, 11) is 0. The van der Waals surface area contributed by atoms with Crippen LogP contribution in [0.15, 0.2) is 23.2 Å². The summed E-state index contributed by atoms with van der Waals surface area (Å²) in [4.78, 5) is 8.95. The minimum Gasteiger partial charge on any atom is -0.356 e. The number of halogens is 1.